The van der Waals surface area contributed by atoms with Crippen molar-refractivity contribution in [2.45, 2.75) is 0 Å². The van der Waals surface area contributed by atoms with Gasteiger partial charge in [0.15, 0.2) is 0 Å². The van der Waals surface area contributed by atoms with Gasteiger partial charge in [-0.05, 0) is 23.6 Å². The van der Waals surface area contributed by atoms with Gasteiger partial charge in [0.1, 0.15) is 5.56 Å². The maximum absolute atomic E-state index is 12.4. The molecule has 0 spiro atoms. The fraction of sp³-hybridized carbons (Fsp3) is 0. The van der Waals surface area contributed by atoms with Crippen LogP contribution in [0.4, 0.5) is 11.4 Å². The van der Waals surface area contributed by atoms with Crippen molar-refractivity contribution in [3.63, 3.8) is 0 Å². The number of nitrogens with zero attached hydrogens (tertiary/aromatic N) is 1. The number of carbonyl (C=O) groups excluding carboxylic acids is 1. The standard InChI is InChI=1S/C17H12N2O3S/c20-17(13-7-2-4-9-15(13)19(21)22)18-14-8-3-1-6-12(14)16-10-5-11-23-16/h1-11H,(H,18,20). The van der Waals surface area contributed by atoms with Crippen LogP contribution in [0.3, 0.4) is 0 Å². The van der Waals surface area contributed by atoms with Gasteiger partial charge in [-0.1, -0.05) is 36.4 Å². The van der Waals surface area contributed by atoms with E-state index in [9.17, 15) is 14.9 Å². The molecule has 2 aromatic carbocycles. The molecule has 0 unspecified atom stereocenters. The highest BCUT2D eigenvalue weighted by Gasteiger charge is 2.20. The summed E-state index contributed by atoms with van der Waals surface area (Å²) in [5, 5.41) is 15.8. The van der Waals surface area contributed by atoms with Crippen LogP contribution in [0, 0.1) is 10.1 Å². The highest BCUT2D eigenvalue weighted by atomic mass is 32.1. The van der Waals surface area contributed by atoms with Gasteiger partial charge in [0.25, 0.3) is 11.6 Å². The van der Waals surface area contributed by atoms with Gasteiger partial charge in [-0.2, -0.15) is 0 Å². The van der Waals surface area contributed by atoms with Crippen LogP contribution in [0.1, 0.15) is 10.4 Å². The van der Waals surface area contributed by atoms with Crippen molar-refractivity contribution in [1.82, 2.24) is 0 Å². The first-order valence-corrected chi connectivity index (χ1v) is 7.72. The Bertz CT molecular complexity index is 860. The first-order valence-electron chi connectivity index (χ1n) is 6.84. The SMILES string of the molecule is O=C(Nc1ccccc1-c1cccs1)c1ccccc1[N+](=O)[O-]. The lowest BCUT2D eigenvalue weighted by atomic mass is 10.1. The number of para-hydroxylation sites is 2. The summed E-state index contributed by atoms with van der Waals surface area (Å²) in [4.78, 5) is 24.0. The molecule has 0 fully saturated rings. The molecular formula is C17H12N2O3S. The summed E-state index contributed by atoms with van der Waals surface area (Å²) >= 11 is 1.56. The number of hydrogen-bond donors (Lipinski definition) is 1. The molecule has 1 heterocycles. The molecule has 6 heteroatoms. The molecule has 3 rings (SSSR count). The molecule has 3 aromatic rings. The molecule has 1 aromatic heterocycles. The Morgan fingerprint density at radius 3 is 2.48 bits per heavy atom. The Labute approximate surface area is 136 Å². The molecule has 0 saturated heterocycles. The van der Waals surface area contributed by atoms with E-state index in [1.165, 1.54) is 18.2 Å². The van der Waals surface area contributed by atoms with Crippen molar-refractivity contribution in [1.29, 1.82) is 0 Å². The molecule has 114 valence electrons. The second-order valence-corrected chi connectivity index (χ2v) is 5.70. The van der Waals surface area contributed by atoms with E-state index in [1.54, 1.807) is 23.5 Å². The Morgan fingerprint density at radius 1 is 1.00 bits per heavy atom. The third-order valence-corrected chi connectivity index (χ3v) is 4.21. The summed E-state index contributed by atoms with van der Waals surface area (Å²) in [5.74, 6) is -0.499. The van der Waals surface area contributed by atoms with E-state index in [4.69, 9.17) is 0 Å². The van der Waals surface area contributed by atoms with E-state index >= 15 is 0 Å². The summed E-state index contributed by atoms with van der Waals surface area (Å²) in [7, 11) is 0. The number of carbonyl (C=O) groups is 1. The smallest absolute Gasteiger partial charge is 0.282 e. The predicted octanol–water partition coefficient (Wildman–Crippen LogP) is 4.58. The Balaban J connectivity index is 1.95. The maximum atomic E-state index is 12.4. The van der Waals surface area contributed by atoms with Gasteiger partial charge >= 0.3 is 0 Å². The van der Waals surface area contributed by atoms with Crippen molar-refractivity contribution >= 4 is 28.6 Å². The normalized spacial score (nSPS) is 10.3. The summed E-state index contributed by atoms with van der Waals surface area (Å²) in [6, 6.07) is 17.2. The van der Waals surface area contributed by atoms with Crippen molar-refractivity contribution < 1.29 is 9.72 Å². The second-order valence-electron chi connectivity index (χ2n) is 4.75. The molecule has 0 bridgehead atoms. The number of nitro groups is 1. The molecule has 0 atom stereocenters. The lowest BCUT2D eigenvalue weighted by Gasteiger charge is -2.10. The van der Waals surface area contributed by atoms with Crippen LogP contribution in [0.2, 0.25) is 0 Å². The van der Waals surface area contributed by atoms with Gasteiger partial charge in [0.2, 0.25) is 0 Å². The summed E-state index contributed by atoms with van der Waals surface area (Å²) in [6.07, 6.45) is 0. The van der Waals surface area contributed by atoms with E-state index in [1.807, 2.05) is 35.7 Å². The Morgan fingerprint density at radius 2 is 1.74 bits per heavy atom. The van der Waals surface area contributed by atoms with Crippen LogP contribution in [0.15, 0.2) is 66.0 Å². The summed E-state index contributed by atoms with van der Waals surface area (Å²) < 4.78 is 0. The van der Waals surface area contributed by atoms with Gasteiger partial charge in [-0.25, -0.2) is 0 Å². The minimum absolute atomic E-state index is 0.0403. The number of amides is 1. The van der Waals surface area contributed by atoms with Crippen LogP contribution < -0.4 is 5.32 Å². The van der Waals surface area contributed by atoms with Gasteiger partial charge in [-0.15, -0.1) is 11.3 Å². The van der Waals surface area contributed by atoms with E-state index in [2.05, 4.69) is 5.32 Å². The summed E-state index contributed by atoms with van der Waals surface area (Å²) in [5.41, 5.74) is 1.34. The number of anilines is 1. The average molecular weight is 324 g/mol. The van der Waals surface area contributed by atoms with Crippen LogP contribution in [-0.4, -0.2) is 10.8 Å². The lowest BCUT2D eigenvalue weighted by Crippen LogP contribution is -2.14. The fourth-order valence-electron chi connectivity index (χ4n) is 2.25. The molecular weight excluding hydrogens is 312 g/mol. The lowest BCUT2D eigenvalue weighted by molar-refractivity contribution is -0.385. The topological polar surface area (TPSA) is 72.2 Å². The molecule has 1 amide bonds. The van der Waals surface area contributed by atoms with E-state index in [0.717, 1.165) is 10.4 Å². The van der Waals surface area contributed by atoms with Crippen molar-refractivity contribution in [3.8, 4) is 10.4 Å². The van der Waals surface area contributed by atoms with Gasteiger partial charge in [0, 0.05) is 22.2 Å². The summed E-state index contributed by atoms with van der Waals surface area (Å²) in [6.45, 7) is 0. The molecule has 0 aliphatic heterocycles. The first-order chi connectivity index (χ1) is 11.2. The molecule has 0 saturated carbocycles. The number of benzene rings is 2. The third-order valence-electron chi connectivity index (χ3n) is 3.31. The van der Waals surface area contributed by atoms with Crippen molar-refractivity contribution in [3.05, 3.63) is 81.7 Å². The molecule has 0 aliphatic carbocycles. The Hall–Kier alpha value is -2.99. The zero-order valence-corrected chi connectivity index (χ0v) is 12.7. The monoisotopic (exact) mass is 324 g/mol. The van der Waals surface area contributed by atoms with Crippen LogP contribution in [0.5, 0.6) is 0 Å². The van der Waals surface area contributed by atoms with Crippen molar-refractivity contribution in [2.24, 2.45) is 0 Å². The number of thiophene rings is 1. The maximum Gasteiger partial charge on any atom is 0.282 e. The largest absolute Gasteiger partial charge is 0.321 e. The predicted molar refractivity (Wildman–Crippen MR) is 90.8 cm³/mol. The number of nitrogens with one attached hydrogen (secondary N) is 1. The average Bonchev–Trinajstić information content (AvgIpc) is 3.09. The minimum Gasteiger partial charge on any atom is -0.321 e. The van der Waals surface area contributed by atoms with Crippen LogP contribution >= 0.6 is 11.3 Å². The zero-order valence-electron chi connectivity index (χ0n) is 11.9. The van der Waals surface area contributed by atoms with Gasteiger partial charge in [0.05, 0.1) is 4.92 Å². The third kappa shape index (κ3) is 3.12. The minimum atomic E-state index is -0.555. The highest BCUT2D eigenvalue weighted by molar-refractivity contribution is 7.13. The number of hydrogen-bond acceptors (Lipinski definition) is 4. The molecule has 23 heavy (non-hydrogen) atoms. The fourth-order valence-corrected chi connectivity index (χ4v) is 3.02. The first kappa shape index (κ1) is 14.9. The molecule has 0 radical (unpaired) electrons. The quantitative estimate of drug-likeness (QED) is 0.564. The van der Waals surface area contributed by atoms with Crippen LogP contribution in [-0.2, 0) is 0 Å². The Kier molecular flexibility index (Phi) is 4.16. The molecule has 5 nitrogen and oxygen atoms in total. The van der Waals surface area contributed by atoms with Gasteiger partial charge in [-0.3, -0.25) is 14.9 Å². The van der Waals surface area contributed by atoms with E-state index in [0.29, 0.717) is 5.69 Å². The zero-order chi connectivity index (χ0) is 16.2. The van der Waals surface area contributed by atoms with E-state index < -0.39 is 10.8 Å². The second kappa shape index (κ2) is 6.41. The van der Waals surface area contributed by atoms with E-state index in [-0.39, 0.29) is 11.3 Å². The van der Waals surface area contributed by atoms with Gasteiger partial charge < -0.3 is 5.32 Å². The van der Waals surface area contributed by atoms with Crippen LogP contribution in [0.25, 0.3) is 10.4 Å². The number of nitro benzene ring substituents is 1. The number of rotatable bonds is 4. The molecule has 1 N–H and O–H groups in total. The molecule has 0 aliphatic rings. The highest BCUT2D eigenvalue weighted by Crippen LogP contribution is 2.32. The van der Waals surface area contributed by atoms with Crippen molar-refractivity contribution in [2.75, 3.05) is 5.32 Å².